The van der Waals surface area contributed by atoms with Gasteiger partial charge < -0.3 is 19.7 Å². The quantitative estimate of drug-likeness (QED) is 0.508. The number of carbonyl (C=O) groups is 2. The lowest BCUT2D eigenvalue weighted by Crippen LogP contribution is -2.47. The van der Waals surface area contributed by atoms with Gasteiger partial charge in [0.15, 0.2) is 9.84 Å². The number of nitrogens with one attached hydrogen (secondary N) is 1. The highest BCUT2D eigenvalue weighted by Gasteiger charge is 2.32. The second kappa shape index (κ2) is 9.89. The van der Waals surface area contributed by atoms with Gasteiger partial charge in [0.2, 0.25) is 0 Å². The van der Waals surface area contributed by atoms with Gasteiger partial charge in [-0.2, -0.15) is 0 Å². The number of aryl methyl sites for hydroxylation is 1. The molecule has 1 aromatic heterocycles. The van der Waals surface area contributed by atoms with Gasteiger partial charge in [-0.25, -0.2) is 8.42 Å². The minimum Gasteiger partial charge on any atom is -0.358 e. The van der Waals surface area contributed by atoms with Crippen molar-refractivity contribution in [2.45, 2.75) is 24.5 Å². The molecule has 38 heavy (non-hydrogen) atoms. The zero-order chi connectivity index (χ0) is 27.2. The summed E-state index contributed by atoms with van der Waals surface area (Å²) in [7, 11) is 0.0992. The van der Waals surface area contributed by atoms with Crippen molar-refractivity contribution in [3.8, 4) is 0 Å². The molecule has 0 saturated carbocycles. The van der Waals surface area contributed by atoms with Crippen LogP contribution in [0, 0.1) is 13.8 Å². The SMILES string of the molecule is Cc1[nH]c(/C=C2\C(=O)N(C)c3ccc(S(=O)(=O)Cc4ccccc4)cc32)c(C)c1C(=O)N1CCN(C)CC1. The molecule has 0 unspecified atom stereocenters. The van der Waals surface area contributed by atoms with E-state index in [-0.39, 0.29) is 22.5 Å². The standard InChI is InChI=1S/C29H32N4O4S/c1-19-25(30-20(2)27(19)29(35)33-14-12-31(3)13-15-33)17-24-23-16-22(10-11-26(23)32(4)28(24)34)38(36,37)18-21-8-6-5-7-9-21/h5-11,16-17,30H,12-15,18H2,1-4H3/b24-17-. The summed E-state index contributed by atoms with van der Waals surface area (Å²) in [4.78, 5) is 35.6. The highest BCUT2D eigenvalue weighted by molar-refractivity contribution is 7.90. The summed E-state index contributed by atoms with van der Waals surface area (Å²) in [5.41, 5.74) is 5.11. The molecule has 0 spiro atoms. The van der Waals surface area contributed by atoms with Crippen molar-refractivity contribution < 1.29 is 18.0 Å². The fourth-order valence-corrected chi connectivity index (χ4v) is 6.56. The molecule has 3 heterocycles. The van der Waals surface area contributed by atoms with Gasteiger partial charge >= 0.3 is 0 Å². The number of nitrogens with zero attached hydrogens (tertiary/aromatic N) is 3. The fourth-order valence-electron chi connectivity index (χ4n) is 5.19. The normalized spacial score (nSPS) is 17.4. The first kappa shape index (κ1) is 25.9. The molecular formula is C29H32N4O4S. The van der Waals surface area contributed by atoms with E-state index in [1.54, 1.807) is 43.5 Å². The molecule has 1 fully saturated rings. The molecule has 198 valence electrons. The van der Waals surface area contributed by atoms with Crippen LogP contribution in [0.5, 0.6) is 0 Å². The molecule has 0 radical (unpaired) electrons. The highest BCUT2D eigenvalue weighted by Crippen LogP contribution is 2.39. The second-order valence-corrected chi connectivity index (χ2v) is 12.1. The lowest BCUT2D eigenvalue weighted by atomic mass is 10.0. The number of amides is 2. The average Bonchev–Trinajstić information content (AvgIpc) is 3.31. The maximum atomic E-state index is 13.3. The minimum atomic E-state index is -3.62. The van der Waals surface area contributed by atoms with Gasteiger partial charge in [0.1, 0.15) is 0 Å². The number of hydrogen-bond donors (Lipinski definition) is 1. The molecule has 0 bridgehead atoms. The molecule has 3 aromatic rings. The molecule has 1 N–H and O–H groups in total. The topological polar surface area (TPSA) is 93.8 Å². The van der Waals surface area contributed by atoms with Crippen molar-refractivity contribution in [3.05, 3.63) is 82.2 Å². The number of likely N-dealkylation sites (N-methyl/N-ethyl adjacent to an activating group) is 2. The van der Waals surface area contributed by atoms with E-state index in [9.17, 15) is 18.0 Å². The number of carbonyl (C=O) groups excluding carboxylic acids is 2. The van der Waals surface area contributed by atoms with Gasteiger partial charge in [-0.05, 0) is 56.3 Å². The van der Waals surface area contributed by atoms with Crippen LogP contribution < -0.4 is 4.90 Å². The molecule has 2 aromatic carbocycles. The van der Waals surface area contributed by atoms with Crippen LogP contribution in [0.25, 0.3) is 11.6 Å². The van der Waals surface area contributed by atoms with Crippen LogP contribution in [0.1, 0.15) is 38.4 Å². The Morgan fingerprint density at radius 1 is 1.00 bits per heavy atom. The molecule has 2 aliphatic rings. The van der Waals surface area contributed by atoms with Crippen molar-refractivity contribution in [1.29, 1.82) is 0 Å². The number of rotatable bonds is 5. The first-order valence-corrected chi connectivity index (χ1v) is 14.3. The largest absolute Gasteiger partial charge is 0.358 e. The molecule has 0 atom stereocenters. The summed E-state index contributed by atoms with van der Waals surface area (Å²) in [5, 5.41) is 0. The predicted octanol–water partition coefficient (Wildman–Crippen LogP) is 3.51. The Kier molecular flexibility index (Phi) is 6.75. The van der Waals surface area contributed by atoms with Crippen molar-refractivity contribution in [3.63, 3.8) is 0 Å². The zero-order valence-electron chi connectivity index (χ0n) is 22.1. The molecule has 0 aliphatic carbocycles. The van der Waals surface area contributed by atoms with E-state index in [1.807, 2.05) is 44.0 Å². The van der Waals surface area contributed by atoms with Crippen molar-refractivity contribution in [2.24, 2.45) is 0 Å². The molecule has 1 saturated heterocycles. The average molecular weight is 533 g/mol. The van der Waals surface area contributed by atoms with Gasteiger partial charge in [0.05, 0.1) is 27.5 Å². The van der Waals surface area contributed by atoms with Gasteiger partial charge in [0, 0.05) is 50.2 Å². The minimum absolute atomic E-state index is 0.0152. The number of fused-ring (bicyclic) bond motifs is 1. The number of piperazine rings is 1. The Morgan fingerprint density at radius 3 is 2.37 bits per heavy atom. The maximum Gasteiger partial charge on any atom is 0.258 e. The third-order valence-corrected chi connectivity index (χ3v) is 9.17. The predicted molar refractivity (Wildman–Crippen MR) is 149 cm³/mol. The van der Waals surface area contributed by atoms with Crippen LogP contribution in [0.4, 0.5) is 5.69 Å². The van der Waals surface area contributed by atoms with Crippen molar-refractivity contribution >= 4 is 39.0 Å². The van der Waals surface area contributed by atoms with Crippen LogP contribution in [0.15, 0.2) is 53.4 Å². The Labute approximate surface area is 223 Å². The lowest BCUT2D eigenvalue weighted by molar-refractivity contribution is -0.112. The lowest BCUT2D eigenvalue weighted by Gasteiger charge is -2.32. The van der Waals surface area contributed by atoms with Crippen molar-refractivity contribution in [1.82, 2.24) is 14.8 Å². The summed E-state index contributed by atoms with van der Waals surface area (Å²) in [6.07, 6.45) is 1.74. The summed E-state index contributed by atoms with van der Waals surface area (Å²) in [6, 6.07) is 13.9. The number of aromatic amines is 1. The van der Waals surface area contributed by atoms with Gasteiger partial charge in [0.25, 0.3) is 11.8 Å². The van der Waals surface area contributed by atoms with Crippen LogP contribution in [-0.2, 0) is 20.4 Å². The molecule has 5 rings (SSSR count). The van der Waals surface area contributed by atoms with Gasteiger partial charge in [-0.3, -0.25) is 9.59 Å². The number of H-pyrrole nitrogens is 1. The highest BCUT2D eigenvalue weighted by atomic mass is 32.2. The molecule has 8 nitrogen and oxygen atoms in total. The Bertz CT molecular complexity index is 1550. The van der Waals surface area contributed by atoms with Crippen LogP contribution in [-0.4, -0.2) is 75.3 Å². The summed E-state index contributed by atoms with van der Waals surface area (Å²) in [6.45, 7) is 6.75. The van der Waals surface area contributed by atoms with Gasteiger partial charge in [-0.1, -0.05) is 30.3 Å². The number of benzene rings is 2. The Balaban J connectivity index is 1.50. The summed E-state index contributed by atoms with van der Waals surface area (Å²) < 4.78 is 26.4. The number of anilines is 1. The van der Waals surface area contributed by atoms with E-state index < -0.39 is 9.84 Å². The van der Waals surface area contributed by atoms with E-state index >= 15 is 0 Å². The second-order valence-electron chi connectivity index (χ2n) is 10.1. The van der Waals surface area contributed by atoms with Crippen molar-refractivity contribution in [2.75, 3.05) is 45.2 Å². The molecule has 2 aliphatic heterocycles. The third kappa shape index (κ3) is 4.68. The number of hydrogen-bond acceptors (Lipinski definition) is 5. The summed E-state index contributed by atoms with van der Waals surface area (Å²) in [5.74, 6) is -0.364. The fraction of sp³-hybridized carbons (Fsp3) is 0.310. The van der Waals surface area contributed by atoms with Crippen LogP contribution >= 0.6 is 0 Å². The first-order chi connectivity index (χ1) is 18.1. The van der Waals surface area contributed by atoms with E-state index in [0.29, 0.717) is 46.7 Å². The first-order valence-electron chi connectivity index (χ1n) is 12.6. The number of aromatic nitrogens is 1. The molecule has 2 amide bonds. The Hall–Kier alpha value is -3.69. The number of sulfone groups is 1. The molecular weight excluding hydrogens is 500 g/mol. The van der Waals surface area contributed by atoms with E-state index in [4.69, 9.17) is 0 Å². The van der Waals surface area contributed by atoms with Crippen LogP contribution in [0.3, 0.4) is 0 Å². The van der Waals surface area contributed by atoms with E-state index in [0.717, 1.165) is 24.3 Å². The zero-order valence-corrected chi connectivity index (χ0v) is 22.9. The van der Waals surface area contributed by atoms with E-state index in [1.165, 1.54) is 4.90 Å². The monoisotopic (exact) mass is 532 g/mol. The van der Waals surface area contributed by atoms with Gasteiger partial charge in [-0.15, -0.1) is 0 Å². The maximum absolute atomic E-state index is 13.3. The third-order valence-electron chi connectivity index (χ3n) is 7.48. The smallest absolute Gasteiger partial charge is 0.258 e. The van der Waals surface area contributed by atoms with E-state index in [2.05, 4.69) is 9.88 Å². The Morgan fingerprint density at radius 2 is 1.68 bits per heavy atom. The van der Waals surface area contributed by atoms with Crippen LogP contribution in [0.2, 0.25) is 0 Å². The molecule has 9 heteroatoms. The summed E-state index contributed by atoms with van der Waals surface area (Å²) >= 11 is 0.